The van der Waals surface area contributed by atoms with Crippen molar-refractivity contribution in [1.82, 2.24) is 0 Å². The number of thiophene rings is 1. The van der Waals surface area contributed by atoms with Gasteiger partial charge in [0.25, 0.3) is 0 Å². The van der Waals surface area contributed by atoms with Crippen molar-refractivity contribution in [2.24, 2.45) is 5.73 Å². The normalized spacial score (nSPS) is 12.4. The molecule has 2 aromatic rings. The molecule has 0 bridgehead atoms. The van der Waals surface area contributed by atoms with Gasteiger partial charge in [-0.2, -0.15) is 0 Å². The predicted octanol–water partition coefficient (Wildman–Crippen LogP) is 3.76. The Morgan fingerprint density at radius 3 is 2.82 bits per heavy atom. The van der Waals surface area contributed by atoms with Crippen molar-refractivity contribution in [2.45, 2.75) is 12.5 Å². The smallest absolute Gasteiger partial charge is 0.122 e. The Morgan fingerprint density at radius 2 is 2.18 bits per heavy atom. The van der Waals surface area contributed by atoms with Gasteiger partial charge in [0.2, 0.25) is 0 Å². The maximum atomic E-state index is 6.19. The zero-order chi connectivity index (χ0) is 12.3. The van der Waals surface area contributed by atoms with Crippen molar-refractivity contribution >= 4 is 27.3 Å². The molecule has 1 atom stereocenters. The Morgan fingerprint density at radius 1 is 1.41 bits per heavy atom. The molecule has 1 unspecified atom stereocenters. The van der Waals surface area contributed by atoms with Crippen LogP contribution in [-0.2, 0) is 6.42 Å². The van der Waals surface area contributed by atoms with Gasteiger partial charge in [-0.15, -0.1) is 11.3 Å². The van der Waals surface area contributed by atoms with Crippen LogP contribution in [0.2, 0.25) is 0 Å². The third-order valence-electron chi connectivity index (χ3n) is 2.65. The zero-order valence-electron chi connectivity index (χ0n) is 9.52. The van der Waals surface area contributed by atoms with Gasteiger partial charge in [-0.3, -0.25) is 0 Å². The van der Waals surface area contributed by atoms with Crippen molar-refractivity contribution in [1.29, 1.82) is 0 Å². The second kappa shape index (κ2) is 5.67. The summed E-state index contributed by atoms with van der Waals surface area (Å²) in [5, 5.41) is 2.09. The molecule has 0 saturated heterocycles. The summed E-state index contributed by atoms with van der Waals surface area (Å²) in [6.45, 7) is 0. The van der Waals surface area contributed by atoms with E-state index in [1.54, 1.807) is 18.4 Å². The van der Waals surface area contributed by atoms with Crippen LogP contribution in [0.25, 0.3) is 0 Å². The second-order valence-corrected chi connectivity index (χ2v) is 6.10. The molecule has 0 saturated carbocycles. The molecular weight excluding hydrogens is 298 g/mol. The first-order valence-corrected chi connectivity index (χ1v) is 6.99. The molecule has 0 aliphatic rings. The average molecular weight is 312 g/mol. The lowest BCUT2D eigenvalue weighted by Crippen LogP contribution is -2.12. The second-order valence-electron chi connectivity index (χ2n) is 3.81. The molecule has 0 radical (unpaired) electrons. The van der Waals surface area contributed by atoms with Gasteiger partial charge in [0, 0.05) is 6.04 Å². The zero-order valence-corrected chi connectivity index (χ0v) is 11.9. The first-order valence-electron chi connectivity index (χ1n) is 5.32. The molecule has 90 valence electrons. The number of hydrogen-bond donors (Lipinski definition) is 1. The predicted molar refractivity (Wildman–Crippen MR) is 75.6 cm³/mol. The number of ether oxygens (including phenoxy) is 1. The van der Waals surface area contributed by atoms with Crippen LogP contribution in [0.5, 0.6) is 5.75 Å². The molecule has 0 aliphatic carbocycles. The molecule has 0 spiro atoms. The number of para-hydroxylation sites is 1. The third kappa shape index (κ3) is 3.09. The van der Waals surface area contributed by atoms with E-state index in [4.69, 9.17) is 10.5 Å². The monoisotopic (exact) mass is 311 g/mol. The van der Waals surface area contributed by atoms with Crippen molar-refractivity contribution in [2.75, 3.05) is 7.11 Å². The van der Waals surface area contributed by atoms with E-state index in [1.165, 1.54) is 0 Å². The van der Waals surface area contributed by atoms with Gasteiger partial charge in [-0.25, -0.2) is 0 Å². The maximum Gasteiger partial charge on any atom is 0.122 e. The van der Waals surface area contributed by atoms with Crippen molar-refractivity contribution in [3.63, 3.8) is 0 Å². The van der Waals surface area contributed by atoms with Crippen LogP contribution in [0.3, 0.4) is 0 Å². The van der Waals surface area contributed by atoms with Gasteiger partial charge >= 0.3 is 0 Å². The lowest BCUT2D eigenvalue weighted by Gasteiger charge is -2.13. The SMILES string of the molecule is COc1ccccc1CC(N)c1csc(Br)c1. The molecule has 4 heteroatoms. The molecular formula is C13H14BrNOS. The molecule has 0 aliphatic heterocycles. The van der Waals surface area contributed by atoms with E-state index in [-0.39, 0.29) is 6.04 Å². The van der Waals surface area contributed by atoms with Crippen molar-refractivity contribution in [3.8, 4) is 5.75 Å². The van der Waals surface area contributed by atoms with Crippen LogP contribution in [0.1, 0.15) is 17.2 Å². The quantitative estimate of drug-likeness (QED) is 0.933. The van der Waals surface area contributed by atoms with Crippen LogP contribution in [0.15, 0.2) is 39.5 Å². The summed E-state index contributed by atoms with van der Waals surface area (Å²) in [4.78, 5) is 0. The van der Waals surface area contributed by atoms with Crippen LogP contribution in [-0.4, -0.2) is 7.11 Å². The van der Waals surface area contributed by atoms with E-state index < -0.39 is 0 Å². The summed E-state index contributed by atoms with van der Waals surface area (Å²) >= 11 is 5.11. The summed E-state index contributed by atoms with van der Waals surface area (Å²) in [5.74, 6) is 0.900. The summed E-state index contributed by atoms with van der Waals surface area (Å²) < 4.78 is 6.44. The minimum Gasteiger partial charge on any atom is -0.496 e. The number of methoxy groups -OCH3 is 1. The lowest BCUT2D eigenvalue weighted by atomic mass is 10.0. The fourth-order valence-electron chi connectivity index (χ4n) is 1.74. The Balaban J connectivity index is 2.15. The fourth-order valence-corrected chi connectivity index (χ4v) is 2.98. The molecule has 2 rings (SSSR count). The molecule has 17 heavy (non-hydrogen) atoms. The van der Waals surface area contributed by atoms with Gasteiger partial charge in [-0.05, 0) is 51.0 Å². The van der Waals surface area contributed by atoms with Crippen molar-refractivity contribution < 1.29 is 4.74 Å². The molecule has 0 amide bonds. The van der Waals surface area contributed by atoms with Gasteiger partial charge in [0.15, 0.2) is 0 Å². The van der Waals surface area contributed by atoms with E-state index in [0.29, 0.717) is 0 Å². The summed E-state index contributed by atoms with van der Waals surface area (Å²) in [7, 11) is 1.69. The highest BCUT2D eigenvalue weighted by Crippen LogP contribution is 2.28. The van der Waals surface area contributed by atoms with Gasteiger partial charge in [0.1, 0.15) is 5.75 Å². The number of benzene rings is 1. The van der Waals surface area contributed by atoms with Crippen molar-refractivity contribution in [3.05, 3.63) is 50.6 Å². The highest BCUT2D eigenvalue weighted by atomic mass is 79.9. The van der Waals surface area contributed by atoms with Crippen LogP contribution in [0.4, 0.5) is 0 Å². The standard InChI is InChI=1S/C13H14BrNOS/c1-16-12-5-3-2-4-9(12)6-11(15)10-7-13(14)17-8-10/h2-5,7-8,11H,6,15H2,1H3. The number of hydrogen-bond acceptors (Lipinski definition) is 3. The van der Waals surface area contributed by atoms with E-state index in [1.807, 2.05) is 18.2 Å². The number of rotatable bonds is 4. The highest BCUT2D eigenvalue weighted by molar-refractivity contribution is 9.11. The Kier molecular flexibility index (Phi) is 4.20. The average Bonchev–Trinajstić information content (AvgIpc) is 2.77. The van der Waals surface area contributed by atoms with E-state index in [2.05, 4.69) is 33.4 Å². The highest BCUT2D eigenvalue weighted by Gasteiger charge is 2.11. The number of halogens is 1. The first-order chi connectivity index (χ1) is 8.20. The molecule has 1 aromatic heterocycles. The van der Waals surface area contributed by atoms with E-state index in [9.17, 15) is 0 Å². The molecule has 2 nitrogen and oxygen atoms in total. The Bertz CT molecular complexity index is 498. The van der Waals surface area contributed by atoms with Crippen LogP contribution in [0, 0.1) is 0 Å². The Hall–Kier alpha value is -0.840. The Labute approximate surface area is 114 Å². The topological polar surface area (TPSA) is 35.2 Å². The fraction of sp³-hybridized carbons (Fsp3) is 0.231. The minimum absolute atomic E-state index is 0.00819. The molecule has 0 fully saturated rings. The summed E-state index contributed by atoms with van der Waals surface area (Å²) in [6.07, 6.45) is 0.785. The lowest BCUT2D eigenvalue weighted by molar-refractivity contribution is 0.408. The summed E-state index contributed by atoms with van der Waals surface area (Å²) in [6, 6.07) is 10.1. The van der Waals surface area contributed by atoms with Gasteiger partial charge < -0.3 is 10.5 Å². The molecule has 1 aromatic carbocycles. The van der Waals surface area contributed by atoms with E-state index in [0.717, 1.165) is 27.1 Å². The summed E-state index contributed by atoms with van der Waals surface area (Å²) in [5.41, 5.74) is 8.50. The molecule has 2 N–H and O–H groups in total. The van der Waals surface area contributed by atoms with E-state index >= 15 is 0 Å². The van der Waals surface area contributed by atoms with Gasteiger partial charge in [-0.1, -0.05) is 18.2 Å². The maximum absolute atomic E-state index is 6.19. The number of nitrogens with two attached hydrogens (primary N) is 1. The molecule has 1 heterocycles. The first kappa shape index (κ1) is 12.6. The van der Waals surface area contributed by atoms with Crippen LogP contribution < -0.4 is 10.5 Å². The minimum atomic E-state index is 0.00819. The third-order valence-corrected chi connectivity index (χ3v) is 4.17. The van der Waals surface area contributed by atoms with Crippen LogP contribution >= 0.6 is 27.3 Å². The largest absolute Gasteiger partial charge is 0.496 e. The van der Waals surface area contributed by atoms with Gasteiger partial charge in [0.05, 0.1) is 10.9 Å².